The Hall–Kier alpha value is -0.160. The van der Waals surface area contributed by atoms with Crippen LogP contribution in [0.25, 0.3) is 0 Å². The molecule has 0 aliphatic heterocycles. The molecule has 0 bridgehead atoms. The van der Waals surface area contributed by atoms with Crippen molar-refractivity contribution in [1.29, 1.82) is 0 Å². The van der Waals surface area contributed by atoms with Gasteiger partial charge < -0.3 is 14.9 Å². The van der Waals surface area contributed by atoms with Gasteiger partial charge in [0.15, 0.2) is 6.73 Å². The van der Waals surface area contributed by atoms with Crippen molar-refractivity contribution in [2.24, 2.45) is 0 Å². The molecule has 0 aromatic heterocycles. The van der Waals surface area contributed by atoms with E-state index in [-0.39, 0.29) is 13.2 Å². The van der Waals surface area contributed by atoms with Crippen molar-refractivity contribution in [1.82, 2.24) is 0 Å². The number of likely N-dealkylation sites (N-methyl/N-ethyl adjacent to an activating group) is 1. The van der Waals surface area contributed by atoms with Crippen LogP contribution in [-0.2, 0) is 4.74 Å². The summed E-state index contributed by atoms with van der Waals surface area (Å²) < 4.78 is 6.14. The molecular formula is C11H26NO3+. The molecule has 0 saturated heterocycles. The first-order chi connectivity index (χ1) is 7.18. The van der Waals surface area contributed by atoms with Gasteiger partial charge in [0.1, 0.15) is 13.1 Å². The summed E-state index contributed by atoms with van der Waals surface area (Å²) in [5.74, 6) is 0. The minimum absolute atomic E-state index is 0.134. The average molecular weight is 220 g/mol. The number of ether oxygens (including phenoxy) is 1. The molecule has 0 unspecified atom stereocenters. The van der Waals surface area contributed by atoms with Crippen molar-refractivity contribution in [3.05, 3.63) is 0 Å². The van der Waals surface area contributed by atoms with E-state index in [0.717, 1.165) is 13.0 Å². The van der Waals surface area contributed by atoms with E-state index >= 15 is 0 Å². The van der Waals surface area contributed by atoms with Crippen molar-refractivity contribution in [2.45, 2.75) is 26.2 Å². The van der Waals surface area contributed by atoms with Gasteiger partial charge in [-0.3, -0.25) is 4.48 Å². The van der Waals surface area contributed by atoms with E-state index in [4.69, 9.17) is 14.9 Å². The fraction of sp³-hybridized carbons (Fsp3) is 1.00. The van der Waals surface area contributed by atoms with Gasteiger partial charge in [-0.2, -0.15) is 0 Å². The fourth-order valence-corrected chi connectivity index (χ4v) is 1.46. The number of rotatable bonds is 10. The Labute approximate surface area is 93.1 Å². The molecule has 15 heavy (non-hydrogen) atoms. The van der Waals surface area contributed by atoms with Crippen molar-refractivity contribution in [2.75, 3.05) is 46.7 Å². The van der Waals surface area contributed by atoms with E-state index in [2.05, 4.69) is 6.92 Å². The Bertz CT molecular complexity index is 136. The zero-order valence-corrected chi connectivity index (χ0v) is 10.1. The number of hydrogen-bond donors (Lipinski definition) is 2. The lowest BCUT2D eigenvalue weighted by molar-refractivity contribution is -0.928. The fourth-order valence-electron chi connectivity index (χ4n) is 1.46. The van der Waals surface area contributed by atoms with Crippen molar-refractivity contribution < 1.29 is 19.4 Å². The Morgan fingerprint density at radius 3 is 2.13 bits per heavy atom. The summed E-state index contributed by atoms with van der Waals surface area (Å²) in [5, 5.41) is 17.8. The van der Waals surface area contributed by atoms with Crippen LogP contribution in [0.5, 0.6) is 0 Å². The Morgan fingerprint density at radius 2 is 1.67 bits per heavy atom. The molecule has 0 saturated carbocycles. The lowest BCUT2D eigenvalue weighted by atomic mass is 10.3. The number of aliphatic hydroxyl groups is 2. The summed E-state index contributed by atoms with van der Waals surface area (Å²) in [4.78, 5) is 0. The molecule has 0 radical (unpaired) electrons. The SMILES string of the molecule is CCCCCOC[N+](C)(CCO)CCO. The highest BCUT2D eigenvalue weighted by Crippen LogP contribution is 2.03. The van der Waals surface area contributed by atoms with Gasteiger partial charge in [0.05, 0.1) is 26.9 Å². The monoisotopic (exact) mass is 220 g/mol. The summed E-state index contributed by atoms with van der Waals surface area (Å²) in [7, 11) is 1.99. The molecule has 0 amide bonds. The molecule has 0 fully saturated rings. The lowest BCUT2D eigenvalue weighted by Gasteiger charge is -2.32. The van der Waals surface area contributed by atoms with E-state index in [1.54, 1.807) is 0 Å². The van der Waals surface area contributed by atoms with Crippen LogP contribution in [0.1, 0.15) is 26.2 Å². The predicted octanol–water partition coefficient (Wildman–Crippen LogP) is 0.582. The minimum atomic E-state index is 0.134. The number of nitrogens with zero attached hydrogens (tertiary/aromatic N) is 1. The summed E-state index contributed by atoms with van der Waals surface area (Å²) >= 11 is 0. The molecule has 92 valence electrons. The number of hydrogen-bond acceptors (Lipinski definition) is 3. The zero-order valence-electron chi connectivity index (χ0n) is 10.1. The van der Waals surface area contributed by atoms with Crippen molar-refractivity contribution in [3.63, 3.8) is 0 Å². The van der Waals surface area contributed by atoms with Gasteiger partial charge in [-0.25, -0.2) is 0 Å². The van der Waals surface area contributed by atoms with Crippen LogP contribution in [0.15, 0.2) is 0 Å². The molecule has 0 atom stereocenters. The van der Waals surface area contributed by atoms with Crippen LogP contribution in [0.4, 0.5) is 0 Å². The normalized spacial score (nSPS) is 12.0. The van der Waals surface area contributed by atoms with E-state index in [9.17, 15) is 0 Å². The molecule has 0 spiro atoms. The summed E-state index contributed by atoms with van der Waals surface area (Å²) in [6, 6.07) is 0. The first-order valence-electron chi connectivity index (χ1n) is 5.81. The number of aliphatic hydroxyl groups excluding tert-OH is 2. The maximum absolute atomic E-state index is 8.92. The van der Waals surface area contributed by atoms with Gasteiger partial charge in [-0.1, -0.05) is 19.8 Å². The van der Waals surface area contributed by atoms with Gasteiger partial charge in [0.2, 0.25) is 0 Å². The highest BCUT2D eigenvalue weighted by atomic mass is 16.5. The number of quaternary nitrogens is 1. The van der Waals surface area contributed by atoms with Gasteiger partial charge in [0.25, 0.3) is 0 Å². The van der Waals surface area contributed by atoms with E-state index in [1.165, 1.54) is 12.8 Å². The third-order valence-corrected chi connectivity index (χ3v) is 2.57. The summed E-state index contributed by atoms with van der Waals surface area (Å²) in [5.41, 5.74) is 0. The molecule has 2 N–H and O–H groups in total. The maximum Gasteiger partial charge on any atom is 0.183 e. The standard InChI is InChI=1S/C11H26NO3/c1-3-4-5-10-15-11-12(2,6-8-13)7-9-14/h13-14H,3-11H2,1-2H3/q+1. The molecule has 0 aliphatic carbocycles. The Morgan fingerprint density at radius 1 is 1.07 bits per heavy atom. The van der Waals surface area contributed by atoms with E-state index in [1.807, 2.05) is 7.05 Å². The Balaban J connectivity index is 3.65. The Kier molecular flexibility index (Phi) is 9.00. The number of unbranched alkanes of at least 4 members (excludes halogenated alkanes) is 2. The molecule has 4 nitrogen and oxygen atoms in total. The quantitative estimate of drug-likeness (QED) is 0.322. The summed E-state index contributed by atoms with van der Waals surface area (Å²) in [6.07, 6.45) is 3.49. The van der Waals surface area contributed by atoms with E-state index < -0.39 is 0 Å². The first-order valence-corrected chi connectivity index (χ1v) is 5.81. The van der Waals surface area contributed by atoms with Crippen LogP contribution < -0.4 is 0 Å². The second kappa shape index (κ2) is 9.09. The van der Waals surface area contributed by atoms with Crippen LogP contribution in [0.2, 0.25) is 0 Å². The third kappa shape index (κ3) is 7.73. The van der Waals surface area contributed by atoms with Crippen molar-refractivity contribution >= 4 is 0 Å². The van der Waals surface area contributed by atoms with Gasteiger partial charge in [0, 0.05) is 0 Å². The predicted molar refractivity (Wildman–Crippen MR) is 60.4 cm³/mol. The third-order valence-electron chi connectivity index (χ3n) is 2.57. The molecule has 0 aliphatic rings. The van der Waals surface area contributed by atoms with Crippen LogP contribution in [0, 0.1) is 0 Å². The van der Waals surface area contributed by atoms with Crippen LogP contribution >= 0.6 is 0 Å². The summed E-state index contributed by atoms with van der Waals surface area (Å²) in [6.45, 7) is 5.05. The molecule has 0 rings (SSSR count). The highest BCUT2D eigenvalue weighted by molar-refractivity contribution is 4.37. The van der Waals surface area contributed by atoms with E-state index in [0.29, 0.717) is 24.3 Å². The lowest BCUT2D eigenvalue weighted by Crippen LogP contribution is -2.49. The second-order valence-corrected chi connectivity index (χ2v) is 4.26. The first kappa shape index (κ1) is 14.8. The average Bonchev–Trinajstić information content (AvgIpc) is 2.18. The van der Waals surface area contributed by atoms with Crippen LogP contribution in [0.3, 0.4) is 0 Å². The molecule has 0 heterocycles. The maximum atomic E-state index is 8.92. The smallest absolute Gasteiger partial charge is 0.183 e. The van der Waals surface area contributed by atoms with Crippen LogP contribution in [-0.4, -0.2) is 61.4 Å². The molecule has 4 heteroatoms. The molecular weight excluding hydrogens is 194 g/mol. The van der Waals surface area contributed by atoms with Crippen molar-refractivity contribution in [3.8, 4) is 0 Å². The largest absolute Gasteiger partial charge is 0.391 e. The highest BCUT2D eigenvalue weighted by Gasteiger charge is 2.19. The zero-order chi connectivity index (χ0) is 11.6. The molecule has 0 aromatic rings. The topological polar surface area (TPSA) is 49.7 Å². The molecule has 0 aromatic carbocycles. The second-order valence-electron chi connectivity index (χ2n) is 4.26. The van der Waals surface area contributed by atoms with Gasteiger partial charge in [-0.05, 0) is 6.42 Å². The van der Waals surface area contributed by atoms with Gasteiger partial charge >= 0.3 is 0 Å². The minimum Gasteiger partial charge on any atom is -0.391 e. The van der Waals surface area contributed by atoms with Gasteiger partial charge in [-0.15, -0.1) is 0 Å².